The summed E-state index contributed by atoms with van der Waals surface area (Å²) in [5, 5.41) is 10.1. The Morgan fingerprint density at radius 2 is 2.33 bits per heavy atom. The summed E-state index contributed by atoms with van der Waals surface area (Å²) in [7, 11) is 0. The van der Waals surface area contributed by atoms with Crippen molar-refractivity contribution in [3.05, 3.63) is 0 Å². The van der Waals surface area contributed by atoms with E-state index in [0.29, 0.717) is 6.42 Å². The molecule has 0 bridgehead atoms. The number of hydrogen-bond donors (Lipinski definition) is 1. The average molecular weight is 191 g/mol. The molecule has 0 aromatic rings. The Kier molecular flexibility index (Phi) is 3.92. The normalized spacial score (nSPS) is 16.2. The van der Waals surface area contributed by atoms with Gasteiger partial charge >= 0.3 is 0 Å². The fourth-order valence-electron chi connectivity index (χ4n) is 0.483. The smallest absolute Gasteiger partial charge is 0.122 e. The first-order valence-electron chi connectivity index (χ1n) is 2.88. The van der Waals surface area contributed by atoms with Gasteiger partial charge in [-0.25, -0.2) is 0 Å². The van der Waals surface area contributed by atoms with E-state index in [-0.39, 0.29) is 0 Å². The van der Waals surface area contributed by atoms with Crippen molar-refractivity contribution >= 4 is 15.9 Å². The summed E-state index contributed by atoms with van der Waals surface area (Å²) < 4.78 is 0. The van der Waals surface area contributed by atoms with Gasteiger partial charge in [-0.3, -0.25) is 0 Å². The molecular formula is C7H11BrO. The second-order valence-electron chi connectivity index (χ2n) is 2.21. The Bertz CT molecular complexity index is 113. The lowest BCUT2D eigenvalue weighted by molar-refractivity contribution is 0.112. The summed E-state index contributed by atoms with van der Waals surface area (Å²) in [6, 6.07) is 0. The highest BCUT2D eigenvalue weighted by Gasteiger charge is 2.14. The predicted octanol–water partition coefficient (Wildman–Crippen LogP) is 1.55. The van der Waals surface area contributed by atoms with Crippen molar-refractivity contribution in [3.63, 3.8) is 0 Å². The number of hydrogen-bond acceptors (Lipinski definition) is 1. The quantitative estimate of drug-likeness (QED) is 0.530. The third-order valence-electron chi connectivity index (χ3n) is 1.11. The molecule has 0 aromatic carbocycles. The van der Waals surface area contributed by atoms with Crippen molar-refractivity contribution in [2.45, 2.75) is 25.4 Å². The first-order chi connectivity index (χ1) is 4.12. The molecule has 1 unspecified atom stereocenters. The first kappa shape index (κ1) is 9.00. The Morgan fingerprint density at radius 1 is 1.78 bits per heavy atom. The van der Waals surface area contributed by atoms with Crippen molar-refractivity contribution in [1.29, 1.82) is 0 Å². The van der Waals surface area contributed by atoms with Gasteiger partial charge in [-0.05, 0) is 19.8 Å². The van der Waals surface area contributed by atoms with Gasteiger partial charge in [0.25, 0.3) is 0 Å². The molecule has 0 rings (SSSR count). The van der Waals surface area contributed by atoms with Crippen LogP contribution in [0, 0.1) is 12.3 Å². The van der Waals surface area contributed by atoms with Gasteiger partial charge in [-0.1, -0.05) is 21.9 Å². The minimum absolute atomic E-state index is 0.661. The Labute approximate surface area is 64.6 Å². The SMILES string of the molecule is C#CC(C)(O)CCCBr. The zero-order valence-electron chi connectivity index (χ0n) is 5.52. The van der Waals surface area contributed by atoms with E-state index < -0.39 is 5.60 Å². The highest BCUT2D eigenvalue weighted by atomic mass is 79.9. The molecule has 0 radical (unpaired) electrons. The van der Waals surface area contributed by atoms with Crippen molar-refractivity contribution in [3.8, 4) is 12.3 Å². The first-order valence-corrected chi connectivity index (χ1v) is 4.00. The van der Waals surface area contributed by atoms with Gasteiger partial charge in [0.15, 0.2) is 0 Å². The summed E-state index contributed by atoms with van der Waals surface area (Å²) in [6.45, 7) is 1.65. The van der Waals surface area contributed by atoms with Crippen molar-refractivity contribution < 1.29 is 5.11 Å². The van der Waals surface area contributed by atoms with Crippen LogP contribution < -0.4 is 0 Å². The van der Waals surface area contributed by atoms with Crippen LogP contribution in [0.4, 0.5) is 0 Å². The molecule has 0 saturated heterocycles. The van der Waals surface area contributed by atoms with E-state index in [4.69, 9.17) is 6.42 Å². The van der Waals surface area contributed by atoms with Crippen LogP contribution in [-0.4, -0.2) is 16.0 Å². The summed E-state index contributed by atoms with van der Waals surface area (Å²) >= 11 is 3.25. The van der Waals surface area contributed by atoms with Crippen molar-refractivity contribution in [2.24, 2.45) is 0 Å². The second kappa shape index (κ2) is 3.92. The van der Waals surface area contributed by atoms with E-state index in [2.05, 4.69) is 21.9 Å². The van der Waals surface area contributed by atoms with Crippen LogP contribution >= 0.6 is 15.9 Å². The van der Waals surface area contributed by atoms with E-state index in [1.165, 1.54) is 0 Å². The number of terminal acetylenes is 1. The van der Waals surface area contributed by atoms with E-state index in [0.717, 1.165) is 11.8 Å². The van der Waals surface area contributed by atoms with E-state index in [1.807, 2.05) is 0 Å². The molecule has 0 aliphatic heterocycles. The van der Waals surface area contributed by atoms with Gasteiger partial charge in [0.2, 0.25) is 0 Å². The van der Waals surface area contributed by atoms with E-state index in [1.54, 1.807) is 6.92 Å². The summed E-state index contributed by atoms with van der Waals surface area (Å²) in [4.78, 5) is 0. The lowest BCUT2D eigenvalue weighted by Crippen LogP contribution is -2.20. The lowest BCUT2D eigenvalue weighted by atomic mass is 10.0. The minimum Gasteiger partial charge on any atom is -0.378 e. The summed E-state index contributed by atoms with van der Waals surface area (Å²) in [5.74, 6) is 2.31. The molecular weight excluding hydrogens is 180 g/mol. The van der Waals surface area contributed by atoms with Gasteiger partial charge in [-0.2, -0.15) is 0 Å². The van der Waals surface area contributed by atoms with Crippen LogP contribution in [0.2, 0.25) is 0 Å². The molecule has 0 amide bonds. The van der Waals surface area contributed by atoms with Crippen LogP contribution in [0.3, 0.4) is 0 Å². The molecule has 0 heterocycles. The maximum absolute atomic E-state index is 9.20. The Balaban J connectivity index is 3.49. The van der Waals surface area contributed by atoms with Gasteiger partial charge in [0.1, 0.15) is 5.60 Å². The average Bonchev–Trinajstić information content (AvgIpc) is 1.84. The Hall–Kier alpha value is 0. The van der Waals surface area contributed by atoms with Crippen LogP contribution in [-0.2, 0) is 0 Å². The summed E-state index contributed by atoms with van der Waals surface area (Å²) in [6.07, 6.45) is 6.61. The molecule has 52 valence electrons. The third kappa shape index (κ3) is 4.50. The number of rotatable bonds is 3. The van der Waals surface area contributed by atoms with Crippen molar-refractivity contribution in [2.75, 3.05) is 5.33 Å². The molecule has 0 saturated carbocycles. The number of alkyl halides is 1. The van der Waals surface area contributed by atoms with Gasteiger partial charge < -0.3 is 5.11 Å². The molecule has 1 nitrogen and oxygen atoms in total. The standard InChI is InChI=1S/C7H11BrO/c1-3-7(2,9)5-4-6-8/h1,9H,4-6H2,2H3. The maximum atomic E-state index is 9.20. The van der Waals surface area contributed by atoms with Crippen LogP contribution in [0.5, 0.6) is 0 Å². The fourth-order valence-corrected chi connectivity index (χ4v) is 0.764. The van der Waals surface area contributed by atoms with Gasteiger partial charge in [0.05, 0.1) is 0 Å². The van der Waals surface area contributed by atoms with Gasteiger partial charge in [0, 0.05) is 5.33 Å². The molecule has 0 aromatic heterocycles. The van der Waals surface area contributed by atoms with E-state index >= 15 is 0 Å². The molecule has 0 aliphatic carbocycles. The highest BCUT2D eigenvalue weighted by Crippen LogP contribution is 2.10. The Morgan fingerprint density at radius 3 is 2.67 bits per heavy atom. The monoisotopic (exact) mass is 190 g/mol. The van der Waals surface area contributed by atoms with Crippen LogP contribution in [0.25, 0.3) is 0 Å². The zero-order chi connectivity index (χ0) is 7.33. The van der Waals surface area contributed by atoms with Gasteiger partial charge in [-0.15, -0.1) is 6.42 Å². The molecule has 0 aliphatic rings. The largest absolute Gasteiger partial charge is 0.378 e. The maximum Gasteiger partial charge on any atom is 0.122 e. The second-order valence-corrected chi connectivity index (χ2v) is 3.00. The lowest BCUT2D eigenvalue weighted by Gasteiger charge is -2.13. The fraction of sp³-hybridized carbons (Fsp3) is 0.714. The highest BCUT2D eigenvalue weighted by molar-refractivity contribution is 9.09. The van der Waals surface area contributed by atoms with Crippen molar-refractivity contribution in [1.82, 2.24) is 0 Å². The molecule has 0 fully saturated rings. The summed E-state index contributed by atoms with van der Waals surface area (Å²) in [5.41, 5.74) is -0.909. The minimum atomic E-state index is -0.909. The molecule has 9 heavy (non-hydrogen) atoms. The number of halogens is 1. The molecule has 1 atom stereocenters. The third-order valence-corrected chi connectivity index (χ3v) is 1.67. The molecule has 1 N–H and O–H groups in total. The number of aliphatic hydroxyl groups is 1. The van der Waals surface area contributed by atoms with Crippen LogP contribution in [0.1, 0.15) is 19.8 Å². The molecule has 0 spiro atoms. The topological polar surface area (TPSA) is 20.2 Å². The zero-order valence-corrected chi connectivity index (χ0v) is 7.11. The van der Waals surface area contributed by atoms with Crippen LogP contribution in [0.15, 0.2) is 0 Å². The van der Waals surface area contributed by atoms with E-state index in [9.17, 15) is 5.11 Å². The molecule has 2 heteroatoms. The predicted molar refractivity (Wildman–Crippen MR) is 42.5 cm³/mol.